The molecule has 5 nitrogen and oxygen atoms in total. The first-order valence-electron chi connectivity index (χ1n) is 11.2. The summed E-state index contributed by atoms with van der Waals surface area (Å²) < 4.78 is 18.8. The molecule has 0 aromatic heterocycles. The molecule has 4 aromatic rings. The maximum absolute atomic E-state index is 13.2. The third-order valence-electron chi connectivity index (χ3n) is 5.30. The predicted molar refractivity (Wildman–Crippen MR) is 135 cm³/mol. The molecule has 0 aliphatic heterocycles. The Labute approximate surface area is 203 Å². The van der Waals surface area contributed by atoms with Crippen LogP contribution in [-0.4, -0.2) is 18.4 Å². The first-order valence-corrected chi connectivity index (χ1v) is 11.2. The van der Waals surface area contributed by atoms with Crippen LogP contribution in [-0.2, 0) is 22.6 Å². The molecular formula is C29H25FN2O3. The molecule has 4 rings (SSSR count). The maximum Gasteiger partial charge on any atom is 0.265 e. The molecule has 0 unspecified atom stereocenters. The van der Waals surface area contributed by atoms with Crippen molar-refractivity contribution in [1.82, 2.24) is 0 Å². The van der Waals surface area contributed by atoms with Gasteiger partial charge in [0.1, 0.15) is 11.6 Å². The predicted octanol–water partition coefficient (Wildman–Crippen LogP) is 5.62. The average Bonchev–Trinajstić information content (AvgIpc) is 2.88. The lowest BCUT2D eigenvalue weighted by Gasteiger charge is -2.24. The topological polar surface area (TPSA) is 58.6 Å². The summed E-state index contributed by atoms with van der Waals surface area (Å²) in [4.78, 5) is 27.4. The van der Waals surface area contributed by atoms with E-state index in [1.54, 1.807) is 17.0 Å². The standard InChI is InChI=1S/C29H25FN2O3/c30-24-14-16-25(17-15-24)31-28(33)19-23-10-7-11-26(18-23)32(20-22-8-3-1-4-9-22)29(34)21-35-27-12-5-2-6-13-27/h1-18H,19-21H2,(H,31,33). The molecule has 0 aliphatic rings. The third kappa shape index (κ3) is 7.01. The van der Waals surface area contributed by atoms with Gasteiger partial charge in [-0.25, -0.2) is 4.39 Å². The summed E-state index contributed by atoms with van der Waals surface area (Å²) in [6.07, 6.45) is 0.110. The van der Waals surface area contributed by atoms with E-state index in [4.69, 9.17) is 4.74 Å². The molecular weight excluding hydrogens is 443 g/mol. The van der Waals surface area contributed by atoms with Crippen molar-refractivity contribution >= 4 is 23.2 Å². The van der Waals surface area contributed by atoms with Crippen molar-refractivity contribution in [1.29, 1.82) is 0 Å². The summed E-state index contributed by atoms with van der Waals surface area (Å²) >= 11 is 0. The number of ether oxygens (including phenoxy) is 1. The number of benzene rings is 4. The number of carbonyl (C=O) groups excluding carboxylic acids is 2. The molecule has 0 spiro atoms. The number of nitrogens with zero attached hydrogens (tertiary/aromatic N) is 1. The summed E-state index contributed by atoms with van der Waals surface area (Å²) in [5.74, 6) is -0.186. The van der Waals surface area contributed by atoms with Crippen LogP contribution in [0.5, 0.6) is 5.75 Å². The lowest BCUT2D eigenvalue weighted by Crippen LogP contribution is -2.34. The van der Waals surface area contributed by atoms with Gasteiger partial charge in [0.05, 0.1) is 13.0 Å². The smallest absolute Gasteiger partial charge is 0.265 e. The molecule has 6 heteroatoms. The molecule has 0 atom stereocenters. The maximum atomic E-state index is 13.2. The minimum atomic E-state index is -0.366. The third-order valence-corrected chi connectivity index (χ3v) is 5.30. The average molecular weight is 469 g/mol. The van der Waals surface area contributed by atoms with E-state index in [-0.39, 0.29) is 30.7 Å². The zero-order valence-corrected chi connectivity index (χ0v) is 19.1. The normalized spacial score (nSPS) is 10.4. The van der Waals surface area contributed by atoms with Crippen LogP contribution >= 0.6 is 0 Å². The van der Waals surface area contributed by atoms with Crippen LogP contribution in [0.15, 0.2) is 109 Å². The number of hydrogen-bond donors (Lipinski definition) is 1. The molecule has 4 aromatic carbocycles. The van der Waals surface area contributed by atoms with Crippen LogP contribution in [0.25, 0.3) is 0 Å². The lowest BCUT2D eigenvalue weighted by atomic mass is 10.1. The Hall–Kier alpha value is -4.45. The number of halogens is 1. The quantitative estimate of drug-likeness (QED) is 0.347. The monoisotopic (exact) mass is 468 g/mol. The number of rotatable bonds is 9. The zero-order chi connectivity index (χ0) is 24.5. The van der Waals surface area contributed by atoms with Gasteiger partial charge in [0.15, 0.2) is 6.61 Å². The van der Waals surface area contributed by atoms with Gasteiger partial charge in [-0.2, -0.15) is 0 Å². The molecule has 176 valence electrons. The summed E-state index contributed by atoms with van der Waals surface area (Å²) in [6, 6.07) is 31.8. The molecule has 0 fully saturated rings. The second-order valence-electron chi connectivity index (χ2n) is 7.97. The van der Waals surface area contributed by atoms with Crippen molar-refractivity contribution in [3.63, 3.8) is 0 Å². The van der Waals surface area contributed by atoms with Crippen molar-refractivity contribution in [3.05, 3.63) is 126 Å². The Morgan fingerprint density at radius 3 is 2.14 bits per heavy atom. The van der Waals surface area contributed by atoms with E-state index < -0.39 is 0 Å². The Morgan fingerprint density at radius 1 is 0.771 bits per heavy atom. The van der Waals surface area contributed by atoms with Gasteiger partial charge in [-0.3, -0.25) is 9.59 Å². The lowest BCUT2D eigenvalue weighted by molar-refractivity contribution is -0.120. The highest BCUT2D eigenvalue weighted by atomic mass is 19.1. The summed E-state index contributed by atoms with van der Waals surface area (Å²) in [7, 11) is 0. The second-order valence-corrected chi connectivity index (χ2v) is 7.97. The highest BCUT2D eigenvalue weighted by Crippen LogP contribution is 2.21. The highest BCUT2D eigenvalue weighted by molar-refractivity contribution is 5.95. The molecule has 1 N–H and O–H groups in total. The van der Waals surface area contributed by atoms with E-state index in [2.05, 4.69) is 5.32 Å². The number of hydrogen-bond acceptors (Lipinski definition) is 3. The first kappa shape index (κ1) is 23.7. The Kier molecular flexibility index (Phi) is 7.86. The molecule has 0 radical (unpaired) electrons. The summed E-state index contributed by atoms with van der Waals surface area (Å²) in [5, 5.41) is 2.76. The second kappa shape index (κ2) is 11.6. The van der Waals surface area contributed by atoms with Crippen molar-refractivity contribution in [2.75, 3.05) is 16.8 Å². The van der Waals surface area contributed by atoms with E-state index in [1.165, 1.54) is 24.3 Å². The van der Waals surface area contributed by atoms with E-state index in [1.807, 2.05) is 72.8 Å². The summed E-state index contributed by atoms with van der Waals surface area (Å²) in [6.45, 7) is 0.245. The molecule has 0 saturated heterocycles. The van der Waals surface area contributed by atoms with E-state index >= 15 is 0 Å². The zero-order valence-electron chi connectivity index (χ0n) is 19.1. The van der Waals surface area contributed by atoms with Gasteiger partial charge in [-0.05, 0) is 59.7 Å². The van der Waals surface area contributed by atoms with Gasteiger partial charge in [0.25, 0.3) is 5.91 Å². The van der Waals surface area contributed by atoms with Gasteiger partial charge in [0, 0.05) is 11.4 Å². The van der Waals surface area contributed by atoms with Gasteiger partial charge in [-0.15, -0.1) is 0 Å². The fourth-order valence-electron chi connectivity index (χ4n) is 3.59. The van der Waals surface area contributed by atoms with E-state index in [0.717, 1.165) is 11.1 Å². The van der Waals surface area contributed by atoms with Crippen LogP contribution in [0, 0.1) is 5.82 Å². The fourth-order valence-corrected chi connectivity index (χ4v) is 3.59. The van der Waals surface area contributed by atoms with Gasteiger partial charge in [0.2, 0.25) is 5.91 Å². The molecule has 0 saturated carbocycles. The molecule has 35 heavy (non-hydrogen) atoms. The van der Waals surface area contributed by atoms with Gasteiger partial charge < -0.3 is 15.0 Å². The highest BCUT2D eigenvalue weighted by Gasteiger charge is 2.18. The fraction of sp³-hybridized carbons (Fsp3) is 0.103. The van der Waals surface area contributed by atoms with Crippen molar-refractivity contribution in [2.24, 2.45) is 0 Å². The van der Waals surface area contributed by atoms with Crippen molar-refractivity contribution < 1.29 is 18.7 Å². The van der Waals surface area contributed by atoms with Crippen LogP contribution in [0.2, 0.25) is 0 Å². The van der Waals surface area contributed by atoms with Crippen LogP contribution < -0.4 is 15.0 Å². The molecule has 2 amide bonds. The van der Waals surface area contributed by atoms with Gasteiger partial charge in [-0.1, -0.05) is 60.7 Å². The minimum absolute atomic E-state index is 0.110. The number of para-hydroxylation sites is 1. The number of anilines is 2. The van der Waals surface area contributed by atoms with Crippen LogP contribution in [0.3, 0.4) is 0 Å². The Morgan fingerprint density at radius 2 is 1.43 bits per heavy atom. The Balaban J connectivity index is 1.49. The Bertz CT molecular complexity index is 1260. The first-order chi connectivity index (χ1) is 17.1. The largest absolute Gasteiger partial charge is 0.484 e. The number of carbonyl (C=O) groups is 2. The molecule has 0 heterocycles. The van der Waals surface area contributed by atoms with Gasteiger partial charge >= 0.3 is 0 Å². The van der Waals surface area contributed by atoms with E-state index in [9.17, 15) is 14.0 Å². The molecule has 0 bridgehead atoms. The van der Waals surface area contributed by atoms with E-state index in [0.29, 0.717) is 23.7 Å². The van der Waals surface area contributed by atoms with Crippen molar-refractivity contribution in [3.8, 4) is 5.75 Å². The number of nitrogens with one attached hydrogen (secondary N) is 1. The summed E-state index contributed by atoms with van der Waals surface area (Å²) in [5.41, 5.74) is 2.91. The van der Waals surface area contributed by atoms with Crippen LogP contribution in [0.4, 0.5) is 15.8 Å². The van der Waals surface area contributed by atoms with Crippen LogP contribution in [0.1, 0.15) is 11.1 Å². The van der Waals surface area contributed by atoms with Crippen molar-refractivity contribution in [2.45, 2.75) is 13.0 Å². The SMILES string of the molecule is O=C(Cc1cccc(N(Cc2ccccc2)C(=O)COc2ccccc2)c1)Nc1ccc(F)cc1. The number of amides is 2. The molecule has 0 aliphatic carbocycles. The minimum Gasteiger partial charge on any atom is -0.484 e.